The Balaban J connectivity index is 1.80. The van der Waals surface area contributed by atoms with Crippen molar-refractivity contribution in [1.82, 2.24) is 0 Å². The molecule has 19 heavy (non-hydrogen) atoms. The van der Waals surface area contributed by atoms with Gasteiger partial charge in [-0.3, -0.25) is 0 Å². The largest absolute Gasteiger partial charge is 0.499 e. The van der Waals surface area contributed by atoms with Crippen LogP contribution in [0, 0.1) is 0 Å². The zero-order valence-corrected chi connectivity index (χ0v) is 11.3. The molecule has 0 bridgehead atoms. The molecule has 1 rings (SSSR count). The lowest BCUT2D eigenvalue weighted by atomic mass is 10.2. The molecule has 0 N–H and O–H groups in total. The molecular weight excluding hydrogens is 244 g/mol. The highest BCUT2D eigenvalue weighted by Gasteiger charge is 1.93. The Kier molecular flexibility index (Phi) is 9.68. The zero-order chi connectivity index (χ0) is 13.6. The molecule has 0 fully saturated rings. The summed E-state index contributed by atoms with van der Waals surface area (Å²) in [4.78, 5) is 0. The minimum Gasteiger partial charge on any atom is -0.499 e. The summed E-state index contributed by atoms with van der Waals surface area (Å²) in [6.45, 7) is 7.47. The Hall–Kier alpha value is -1.36. The van der Waals surface area contributed by atoms with Crippen LogP contribution in [0.2, 0.25) is 0 Å². The molecule has 0 saturated carbocycles. The molecule has 0 radical (unpaired) electrons. The molecule has 4 heteroatoms. The summed E-state index contributed by atoms with van der Waals surface area (Å²) in [7, 11) is 0. The van der Waals surface area contributed by atoms with E-state index in [2.05, 4.69) is 6.58 Å². The predicted molar refractivity (Wildman–Crippen MR) is 73.9 cm³/mol. The number of hydrogen-bond acceptors (Lipinski definition) is 4. The van der Waals surface area contributed by atoms with E-state index in [9.17, 15) is 0 Å². The van der Waals surface area contributed by atoms with Crippen molar-refractivity contribution in [3.8, 4) is 0 Å². The van der Waals surface area contributed by atoms with Crippen molar-refractivity contribution in [3.05, 3.63) is 48.7 Å². The minimum absolute atomic E-state index is 0.531. The summed E-state index contributed by atoms with van der Waals surface area (Å²) >= 11 is 0. The Labute approximate surface area is 114 Å². The first-order valence-corrected chi connectivity index (χ1v) is 6.43. The number of rotatable bonds is 12. The minimum atomic E-state index is 0.531. The van der Waals surface area contributed by atoms with Gasteiger partial charge in [0.1, 0.15) is 6.61 Å². The Morgan fingerprint density at radius 2 is 1.37 bits per heavy atom. The van der Waals surface area contributed by atoms with E-state index in [1.54, 1.807) is 0 Å². The fraction of sp³-hybridized carbons (Fsp3) is 0.467. The maximum Gasteiger partial charge on any atom is 0.111 e. The Morgan fingerprint density at radius 1 is 0.789 bits per heavy atom. The van der Waals surface area contributed by atoms with Crippen molar-refractivity contribution in [2.45, 2.75) is 6.61 Å². The fourth-order valence-electron chi connectivity index (χ4n) is 1.39. The maximum atomic E-state index is 5.48. The van der Waals surface area contributed by atoms with Gasteiger partial charge in [-0.05, 0) is 5.56 Å². The van der Waals surface area contributed by atoms with Crippen LogP contribution in [0.3, 0.4) is 0 Å². The quantitative estimate of drug-likeness (QED) is 0.430. The van der Waals surface area contributed by atoms with E-state index < -0.39 is 0 Å². The summed E-state index contributed by atoms with van der Waals surface area (Å²) in [5, 5.41) is 0. The zero-order valence-electron chi connectivity index (χ0n) is 11.3. The summed E-state index contributed by atoms with van der Waals surface area (Å²) < 4.78 is 21.0. The van der Waals surface area contributed by atoms with E-state index in [0.717, 1.165) is 0 Å². The van der Waals surface area contributed by atoms with Crippen LogP contribution in [-0.2, 0) is 25.6 Å². The molecular formula is C15H22O4. The van der Waals surface area contributed by atoms with E-state index in [-0.39, 0.29) is 0 Å². The molecule has 0 amide bonds. The highest BCUT2D eigenvalue weighted by Crippen LogP contribution is 1.99. The molecule has 1 aromatic carbocycles. The second-order valence-corrected chi connectivity index (χ2v) is 3.80. The third kappa shape index (κ3) is 9.25. The maximum absolute atomic E-state index is 5.48. The van der Waals surface area contributed by atoms with Crippen LogP contribution >= 0.6 is 0 Å². The van der Waals surface area contributed by atoms with Gasteiger partial charge in [0.15, 0.2) is 0 Å². The first kappa shape index (κ1) is 15.7. The topological polar surface area (TPSA) is 36.9 Å². The molecule has 0 aliphatic carbocycles. The molecule has 1 aromatic rings. The summed E-state index contributed by atoms with van der Waals surface area (Å²) in [5.41, 5.74) is 1.17. The van der Waals surface area contributed by atoms with Gasteiger partial charge < -0.3 is 18.9 Å². The van der Waals surface area contributed by atoms with Gasteiger partial charge in [0.05, 0.1) is 45.9 Å². The second-order valence-electron chi connectivity index (χ2n) is 3.80. The van der Waals surface area contributed by atoms with Gasteiger partial charge in [0.2, 0.25) is 0 Å². The highest BCUT2D eigenvalue weighted by atomic mass is 16.6. The van der Waals surface area contributed by atoms with E-state index in [1.165, 1.54) is 11.8 Å². The van der Waals surface area contributed by atoms with Crippen LogP contribution in [0.15, 0.2) is 43.2 Å². The number of ether oxygens (including phenoxy) is 4. The lowest BCUT2D eigenvalue weighted by molar-refractivity contribution is 0.00349. The second kappa shape index (κ2) is 11.7. The molecule has 0 heterocycles. The molecule has 0 spiro atoms. The van der Waals surface area contributed by atoms with Crippen LogP contribution in [0.5, 0.6) is 0 Å². The summed E-state index contributed by atoms with van der Waals surface area (Å²) in [6, 6.07) is 10.1. The monoisotopic (exact) mass is 266 g/mol. The summed E-state index contributed by atoms with van der Waals surface area (Å²) in [5.74, 6) is 0. The van der Waals surface area contributed by atoms with E-state index in [1.807, 2.05) is 30.3 Å². The van der Waals surface area contributed by atoms with Crippen molar-refractivity contribution >= 4 is 0 Å². The third-order valence-corrected chi connectivity index (χ3v) is 2.32. The predicted octanol–water partition coefficient (Wildman–Crippen LogP) is 2.40. The van der Waals surface area contributed by atoms with E-state index >= 15 is 0 Å². The van der Waals surface area contributed by atoms with E-state index in [4.69, 9.17) is 18.9 Å². The average molecular weight is 266 g/mol. The SMILES string of the molecule is C=COCCOCCOCCOCc1ccccc1. The van der Waals surface area contributed by atoms with Crippen molar-refractivity contribution in [1.29, 1.82) is 0 Å². The van der Waals surface area contributed by atoms with Crippen LogP contribution in [0.1, 0.15) is 5.56 Å². The first-order valence-electron chi connectivity index (χ1n) is 6.43. The van der Waals surface area contributed by atoms with Crippen molar-refractivity contribution in [2.24, 2.45) is 0 Å². The van der Waals surface area contributed by atoms with Gasteiger partial charge in [-0.2, -0.15) is 0 Å². The van der Waals surface area contributed by atoms with Gasteiger partial charge >= 0.3 is 0 Å². The lowest BCUT2D eigenvalue weighted by Crippen LogP contribution is -2.11. The smallest absolute Gasteiger partial charge is 0.111 e. The number of hydrogen-bond donors (Lipinski definition) is 0. The standard InChI is InChI=1S/C15H22O4/c1-2-16-8-9-17-10-11-18-12-13-19-14-15-6-4-3-5-7-15/h2-7H,1,8-14H2. The van der Waals surface area contributed by atoms with Crippen molar-refractivity contribution < 1.29 is 18.9 Å². The van der Waals surface area contributed by atoms with Crippen LogP contribution < -0.4 is 0 Å². The van der Waals surface area contributed by atoms with Crippen LogP contribution in [0.4, 0.5) is 0 Å². The highest BCUT2D eigenvalue weighted by molar-refractivity contribution is 5.13. The summed E-state index contributed by atoms with van der Waals surface area (Å²) in [6.07, 6.45) is 1.41. The van der Waals surface area contributed by atoms with Crippen LogP contribution in [0.25, 0.3) is 0 Å². The average Bonchev–Trinajstić information content (AvgIpc) is 2.46. The molecule has 0 saturated heterocycles. The van der Waals surface area contributed by atoms with Gasteiger partial charge in [-0.1, -0.05) is 36.9 Å². The van der Waals surface area contributed by atoms with Gasteiger partial charge in [0.25, 0.3) is 0 Å². The van der Waals surface area contributed by atoms with Crippen molar-refractivity contribution in [3.63, 3.8) is 0 Å². The van der Waals surface area contributed by atoms with Crippen molar-refractivity contribution in [2.75, 3.05) is 39.6 Å². The molecule has 4 nitrogen and oxygen atoms in total. The fourth-order valence-corrected chi connectivity index (χ4v) is 1.39. The molecule has 0 aliphatic rings. The Bertz CT molecular complexity index is 313. The molecule has 0 unspecified atom stereocenters. The number of benzene rings is 1. The molecule has 0 atom stereocenters. The first-order chi connectivity index (χ1) is 9.43. The van der Waals surface area contributed by atoms with Gasteiger partial charge in [-0.25, -0.2) is 0 Å². The van der Waals surface area contributed by atoms with E-state index in [0.29, 0.717) is 46.2 Å². The van der Waals surface area contributed by atoms with Gasteiger partial charge in [0, 0.05) is 0 Å². The lowest BCUT2D eigenvalue weighted by Gasteiger charge is -2.06. The van der Waals surface area contributed by atoms with Gasteiger partial charge in [-0.15, -0.1) is 0 Å². The molecule has 106 valence electrons. The third-order valence-electron chi connectivity index (χ3n) is 2.32. The molecule has 0 aromatic heterocycles. The molecule has 0 aliphatic heterocycles. The van der Waals surface area contributed by atoms with Crippen LogP contribution in [-0.4, -0.2) is 39.6 Å². The Morgan fingerprint density at radius 3 is 2.00 bits per heavy atom. The normalized spacial score (nSPS) is 10.3.